The first-order valence-electron chi connectivity index (χ1n) is 5.06. The van der Waals surface area contributed by atoms with Crippen LogP contribution in [0.3, 0.4) is 0 Å². The van der Waals surface area contributed by atoms with Gasteiger partial charge in [0.15, 0.2) is 0 Å². The molecule has 0 saturated carbocycles. The normalized spacial score (nSPS) is 43.6. The molecule has 82 valence electrons. The zero-order valence-corrected chi connectivity index (χ0v) is 8.77. The maximum atomic E-state index is 11.6. The summed E-state index contributed by atoms with van der Waals surface area (Å²) in [5.41, 5.74) is -1.03. The summed E-state index contributed by atoms with van der Waals surface area (Å²) in [5, 5.41) is 9.29. The summed E-state index contributed by atoms with van der Waals surface area (Å²) >= 11 is 0. The van der Waals surface area contributed by atoms with Crippen LogP contribution in [0.4, 0.5) is 0 Å². The van der Waals surface area contributed by atoms with Crippen LogP contribution < -0.4 is 0 Å². The Balaban J connectivity index is 2.47. The highest BCUT2D eigenvalue weighted by molar-refractivity contribution is 5.86. The molecule has 1 aliphatic heterocycles. The zero-order chi connectivity index (χ0) is 11.2. The minimum atomic E-state index is -1.03. The van der Waals surface area contributed by atoms with Crippen LogP contribution in [0, 0.1) is 23.2 Å². The van der Waals surface area contributed by atoms with Gasteiger partial charge < -0.3 is 9.84 Å². The number of aliphatic carboxylic acids is 1. The van der Waals surface area contributed by atoms with E-state index in [4.69, 9.17) is 4.74 Å². The van der Waals surface area contributed by atoms with Gasteiger partial charge in [0.05, 0.1) is 17.9 Å². The first-order valence-corrected chi connectivity index (χ1v) is 5.06. The topological polar surface area (TPSA) is 63.6 Å². The van der Waals surface area contributed by atoms with Gasteiger partial charge in [0.2, 0.25) is 0 Å². The number of hydrogen-bond donors (Lipinski definition) is 1. The fourth-order valence-corrected chi connectivity index (χ4v) is 2.52. The number of carboxylic acids is 1. The van der Waals surface area contributed by atoms with Crippen molar-refractivity contribution in [2.45, 2.75) is 13.8 Å². The molecule has 4 atom stereocenters. The number of fused-ring (bicyclic) bond motifs is 1. The highest BCUT2D eigenvalue weighted by Crippen LogP contribution is 2.48. The number of rotatable bonds is 1. The van der Waals surface area contributed by atoms with Crippen LogP contribution in [-0.4, -0.2) is 23.7 Å². The Labute approximate surface area is 87.9 Å². The number of carbonyl (C=O) groups is 2. The predicted molar refractivity (Wildman–Crippen MR) is 52.0 cm³/mol. The van der Waals surface area contributed by atoms with E-state index in [1.165, 1.54) is 0 Å². The molecule has 0 bridgehead atoms. The van der Waals surface area contributed by atoms with Gasteiger partial charge in [-0.05, 0) is 12.8 Å². The van der Waals surface area contributed by atoms with Crippen LogP contribution in [0.25, 0.3) is 0 Å². The van der Waals surface area contributed by atoms with Crippen molar-refractivity contribution in [3.8, 4) is 0 Å². The molecule has 4 nitrogen and oxygen atoms in total. The van der Waals surface area contributed by atoms with E-state index in [2.05, 4.69) is 0 Å². The van der Waals surface area contributed by atoms with E-state index in [0.29, 0.717) is 6.61 Å². The fourth-order valence-electron chi connectivity index (χ4n) is 2.52. The van der Waals surface area contributed by atoms with Gasteiger partial charge in [-0.1, -0.05) is 19.1 Å². The fraction of sp³-hybridized carbons (Fsp3) is 0.636. The van der Waals surface area contributed by atoms with Gasteiger partial charge >= 0.3 is 11.9 Å². The molecule has 0 aromatic rings. The molecular formula is C11H14O4. The Kier molecular flexibility index (Phi) is 2.10. The van der Waals surface area contributed by atoms with Crippen LogP contribution >= 0.6 is 0 Å². The molecule has 0 aromatic carbocycles. The predicted octanol–water partition coefficient (Wildman–Crippen LogP) is 1.07. The summed E-state index contributed by atoms with van der Waals surface area (Å²) in [6, 6.07) is 0. The summed E-state index contributed by atoms with van der Waals surface area (Å²) in [7, 11) is 0. The third kappa shape index (κ3) is 1.20. The minimum absolute atomic E-state index is 0.0743. The first-order chi connectivity index (χ1) is 6.98. The van der Waals surface area contributed by atoms with Gasteiger partial charge in [-0.2, -0.15) is 0 Å². The molecule has 1 fully saturated rings. The van der Waals surface area contributed by atoms with E-state index in [-0.39, 0.29) is 17.8 Å². The minimum Gasteiger partial charge on any atom is -0.481 e. The van der Waals surface area contributed by atoms with Gasteiger partial charge in [0, 0.05) is 5.92 Å². The lowest BCUT2D eigenvalue weighted by Crippen LogP contribution is -2.47. The third-order valence-electron chi connectivity index (χ3n) is 3.80. The van der Waals surface area contributed by atoms with E-state index < -0.39 is 17.3 Å². The number of esters is 1. The van der Waals surface area contributed by atoms with Gasteiger partial charge in [-0.25, -0.2) is 0 Å². The lowest BCUT2D eigenvalue weighted by molar-refractivity contribution is -0.162. The van der Waals surface area contributed by atoms with Crippen molar-refractivity contribution in [2.24, 2.45) is 23.2 Å². The molecule has 4 heteroatoms. The average molecular weight is 210 g/mol. The lowest BCUT2D eigenvalue weighted by Gasteiger charge is -2.38. The molecule has 0 amide bonds. The quantitative estimate of drug-likeness (QED) is 0.519. The Bertz CT molecular complexity index is 344. The number of cyclic esters (lactones) is 1. The van der Waals surface area contributed by atoms with Crippen molar-refractivity contribution in [3.05, 3.63) is 12.2 Å². The summed E-state index contributed by atoms with van der Waals surface area (Å²) in [6.45, 7) is 3.77. The van der Waals surface area contributed by atoms with Gasteiger partial charge in [-0.3, -0.25) is 9.59 Å². The molecule has 0 unspecified atom stereocenters. The SMILES string of the molecule is C[C@@H]1C=C[C@@H]2COC(=O)[C@@H]2[C@]1(C)C(=O)O. The van der Waals surface area contributed by atoms with Crippen LogP contribution in [-0.2, 0) is 14.3 Å². The molecule has 0 aromatic heterocycles. The standard InChI is InChI=1S/C11H14O4/c1-6-3-4-7-5-15-9(12)8(7)11(6,2)10(13)14/h3-4,6-8H,5H2,1-2H3,(H,13,14)/t6-,7-,8-,11-/m1/s1. The van der Waals surface area contributed by atoms with Crippen molar-refractivity contribution >= 4 is 11.9 Å². The van der Waals surface area contributed by atoms with Crippen molar-refractivity contribution < 1.29 is 19.4 Å². The Morgan fingerprint density at radius 2 is 2.27 bits per heavy atom. The average Bonchev–Trinajstić information content (AvgIpc) is 2.54. The van der Waals surface area contributed by atoms with Gasteiger partial charge in [0.1, 0.15) is 0 Å². The first kappa shape index (κ1) is 10.2. The van der Waals surface area contributed by atoms with Crippen molar-refractivity contribution in [3.63, 3.8) is 0 Å². The molecule has 2 aliphatic rings. The van der Waals surface area contributed by atoms with Gasteiger partial charge in [-0.15, -0.1) is 0 Å². The largest absolute Gasteiger partial charge is 0.481 e. The molecule has 2 rings (SSSR count). The highest BCUT2D eigenvalue weighted by Gasteiger charge is 2.56. The van der Waals surface area contributed by atoms with Crippen LogP contribution in [0.2, 0.25) is 0 Å². The maximum absolute atomic E-state index is 11.6. The van der Waals surface area contributed by atoms with Crippen molar-refractivity contribution in [2.75, 3.05) is 6.61 Å². The Hall–Kier alpha value is -1.32. The van der Waals surface area contributed by atoms with Crippen molar-refractivity contribution in [1.82, 2.24) is 0 Å². The monoisotopic (exact) mass is 210 g/mol. The molecule has 1 saturated heterocycles. The lowest BCUT2D eigenvalue weighted by atomic mass is 9.61. The molecule has 0 spiro atoms. The second kappa shape index (κ2) is 3.08. The molecule has 0 radical (unpaired) electrons. The van der Waals surface area contributed by atoms with Crippen molar-refractivity contribution in [1.29, 1.82) is 0 Å². The molecule has 1 N–H and O–H groups in total. The molecular weight excluding hydrogens is 196 g/mol. The zero-order valence-electron chi connectivity index (χ0n) is 8.77. The molecule has 1 heterocycles. The van der Waals surface area contributed by atoms with E-state index in [1.807, 2.05) is 19.1 Å². The second-order valence-corrected chi connectivity index (χ2v) is 4.53. The van der Waals surface area contributed by atoms with Crippen LogP contribution in [0.5, 0.6) is 0 Å². The van der Waals surface area contributed by atoms with Gasteiger partial charge in [0.25, 0.3) is 0 Å². The number of carbonyl (C=O) groups excluding carboxylic acids is 1. The summed E-state index contributed by atoms with van der Waals surface area (Å²) < 4.78 is 4.94. The van der Waals surface area contributed by atoms with E-state index >= 15 is 0 Å². The van der Waals surface area contributed by atoms with E-state index in [0.717, 1.165) is 0 Å². The van der Waals surface area contributed by atoms with Crippen LogP contribution in [0.1, 0.15) is 13.8 Å². The van der Waals surface area contributed by atoms with E-state index in [1.54, 1.807) is 6.92 Å². The smallest absolute Gasteiger partial charge is 0.310 e. The Morgan fingerprint density at radius 3 is 2.87 bits per heavy atom. The molecule has 15 heavy (non-hydrogen) atoms. The summed E-state index contributed by atoms with van der Waals surface area (Å²) in [4.78, 5) is 22.9. The Morgan fingerprint density at radius 1 is 1.60 bits per heavy atom. The van der Waals surface area contributed by atoms with E-state index in [9.17, 15) is 14.7 Å². The number of hydrogen-bond acceptors (Lipinski definition) is 3. The van der Waals surface area contributed by atoms with Crippen LogP contribution in [0.15, 0.2) is 12.2 Å². The third-order valence-corrected chi connectivity index (χ3v) is 3.80. The second-order valence-electron chi connectivity index (χ2n) is 4.53. The maximum Gasteiger partial charge on any atom is 0.310 e. The summed E-state index contributed by atoms with van der Waals surface area (Å²) in [5.74, 6) is -2.05. The summed E-state index contributed by atoms with van der Waals surface area (Å²) in [6.07, 6.45) is 3.78. The number of allylic oxidation sites excluding steroid dienone is 1. The number of ether oxygens (including phenoxy) is 1. The highest BCUT2D eigenvalue weighted by atomic mass is 16.5. The number of carboxylic acid groups (broad SMARTS) is 1. The molecule has 1 aliphatic carbocycles.